The number of nitrogens with zero attached hydrogens (tertiary/aromatic N) is 1. The minimum absolute atomic E-state index is 0.219. The average Bonchev–Trinajstić information content (AvgIpc) is 2.38. The van der Waals surface area contributed by atoms with Gasteiger partial charge in [0.05, 0.1) is 19.8 Å². The zero-order valence-electron chi connectivity index (χ0n) is 9.69. The summed E-state index contributed by atoms with van der Waals surface area (Å²) >= 11 is 0. The van der Waals surface area contributed by atoms with Gasteiger partial charge in [0, 0.05) is 18.8 Å². The molecule has 0 aromatic heterocycles. The maximum absolute atomic E-state index is 13.3. The highest BCUT2D eigenvalue weighted by atomic mass is 19.1. The van der Waals surface area contributed by atoms with E-state index in [0.29, 0.717) is 26.2 Å². The Kier molecular flexibility index (Phi) is 4.30. The van der Waals surface area contributed by atoms with Crippen molar-refractivity contribution in [1.82, 2.24) is 0 Å². The van der Waals surface area contributed by atoms with Gasteiger partial charge in [-0.15, -0.1) is 0 Å². The van der Waals surface area contributed by atoms with E-state index in [1.54, 1.807) is 12.1 Å². The van der Waals surface area contributed by atoms with E-state index in [4.69, 9.17) is 10.6 Å². The molecule has 0 bridgehead atoms. The Balaban J connectivity index is 2.19. The topological polar surface area (TPSA) is 47.7 Å². The van der Waals surface area contributed by atoms with Gasteiger partial charge in [-0.3, -0.25) is 0 Å². The molecule has 2 rings (SSSR count). The molecule has 1 heterocycles. The molecule has 0 atom stereocenters. The number of nitrogens with two attached hydrogens (primary N) is 1. The van der Waals surface area contributed by atoms with Crippen LogP contribution < -0.4 is 10.8 Å². The largest absolute Gasteiger partial charge is 0.378 e. The summed E-state index contributed by atoms with van der Waals surface area (Å²) in [7, 11) is 0. The van der Waals surface area contributed by atoms with E-state index in [1.807, 2.05) is 0 Å². The van der Waals surface area contributed by atoms with Gasteiger partial charge in [-0.05, 0) is 24.1 Å². The number of anilines is 1. The van der Waals surface area contributed by atoms with Crippen LogP contribution in [0.3, 0.4) is 0 Å². The van der Waals surface area contributed by atoms with Crippen molar-refractivity contribution in [3.8, 4) is 0 Å². The summed E-state index contributed by atoms with van der Waals surface area (Å²) in [6.45, 7) is 3.38. The molecule has 1 fully saturated rings. The van der Waals surface area contributed by atoms with Crippen LogP contribution in [0, 0.1) is 5.82 Å². The molecular formula is C12H17FN2O2. The molecule has 0 radical (unpaired) electrons. The monoisotopic (exact) mass is 240 g/mol. The summed E-state index contributed by atoms with van der Waals surface area (Å²) in [5, 5.41) is 0. The predicted molar refractivity (Wildman–Crippen MR) is 63.3 cm³/mol. The van der Waals surface area contributed by atoms with E-state index >= 15 is 0 Å². The smallest absolute Gasteiger partial charge is 0.125 e. The SMILES string of the molecule is NOCCc1ccc(F)cc1N1CCOCC1. The van der Waals surface area contributed by atoms with Crippen LogP contribution in [0.5, 0.6) is 0 Å². The predicted octanol–water partition coefficient (Wildman–Crippen LogP) is 1.10. The molecular weight excluding hydrogens is 223 g/mol. The summed E-state index contributed by atoms with van der Waals surface area (Å²) < 4.78 is 18.6. The molecule has 4 nitrogen and oxygen atoms in total. The molecule has 1 aromatic rings. The Bertz CT molecular complexity index is 368. The second-order valence-corrected chi connectivity index (χ2v) is 3.99. The summed E-state index contributed by atoms with van der Waals surface area (Å²) in [5.41, 5.74) is 1.98. The maximum Gasteiger partial charge on any atom is 0.125 e. The molecule has 0 unspecified atom stereocenters. The lowest BCUT2D eigenvalue weighted by Crippen LogP contribution is -2.37. The second kappa shape index (κ2) is 5.95. The Hall–Kier alpha value is -1.17. The number of ether oxygens (including phenoxy) is 1. The summed E-state index contributed by atoms with van der Waals surface area (Å²) in [6.07, 6.45) is 0.684. The van der Waals surface area contributed by atoms with Crippen molar-refractivity contribution in [2.24, 2.45) is 5.90 Å². The first-order valence-electron chi connectivity index (χ1n) is 5.74. The van der Waals surface area contributed by atoms with Gasteiger partial charge < -0.3 is 14.5 Å². The van der Waals surface area contributed by atoms with E-state index in [1.165, 1.54) is 6.07 Å². The lowest BCUT2D eigenvalue weighted by atomic mass is 10.1. The minimum atomic E-state index is -0.219. The molecule has 2 N–H and O–H groups in total. The first kappa shape index (κ1) is 12.3. The number of rotatable bonds is 4. The van der Waals surface area contributed by atoms with Crippen LogP contribution in [-0.2, 0) is 16.0 Å². The number of benzene rings is 1. The highest BCUT2D eigenvalue weighted by Crippen LogP contribution is 2.23. The van der Waals surface area contributed by atoms with Gasteiger partial charge in [-0.2, -0.15) is 0 Å². The Morgan fingerprint density at radius 1 is 1.35 bits per heavy atom. The van der Waals surface area contributed by atoms with Crippen LogP contribution in [0.25, 0.3) is 0 Å². The fraction of sp³-hybridized carbons (Fsp3) is 0.500. The lowest BCUT2D eigenvalue weighted by molar-refractivity contribution is 0.122. The summed E-state index contributed by atoms with van der Waals surface area (Å²) in [5.74, 6) is 4.81. The second-order valence-electron chi connectivity index (χ2n) is 3.99. The molecule has 0 aliphatic carbocycles. The quantitative estimate of drug-likeness (QED) is 0.800. The highest BCUT2D eigenvalue weighted by molar-refractivity contribution is 5.54. The van der Waals surface area contributed by atoms with Gasteiger partial charge in [-0.25, -0.2) is 10.3 Å². The molecule has 0 saturated carbocycles. The number of morpholine rings is 1. The van der Waals surface area contributed by atoms with Gasteiger partial charge >= 0.3 is 0 Å². The fourth-order valence-electron chi connectivity index (χ4n) is 2.02. The zero-order valence-corrected chi connectivity index (χ0v) is 9.69. The van der Waals surface area contributed by atoms with Crippen molar-refractivity contribution in [1.29, 1.82) is 0 Å². The molecule has 1 aliphatic heterocycles. The minimum Gasteiger partial charge on any atom is -0.378 e. The molecule has 1 saturated heterocycles. The van der Waals surface area contributed by atoms with Crippen molar-refractivity contribution < 1.29 is 14.0 Å². The first-order valence-corrected chi connectivity index (χ1v) is 5.74. The summed E-state index contributed by atoms with van der Waals surface area (Å²) in [6, 6.07) is 4.83. The van der Waals surface area contributed by atoms with Crippen molar-refractivity contribution >= 4 is 5.69 Å². The molecule has 94 valence electrons. The Labute approximate surface area is 100 Å². The van der Waals surface area contributed by atoms with Gasteiger partial charge in [-0.1, -0.05) is 6.07 Å². The molecule has 1 aromatic carbocycles. The van der Waals surface area contributed by atoms with E-state index in [9.17, 15) is 4.39 Å². The molecule has 0 amide bonds. The number of hydrogen-bond acceptors (Lipinski definition) is 4. The van der Waals surface area contributed by atoms with Crippen LogP contribution in [0.4, 0.5) is 10.1 Å². The third-order valence-electron chi connectivity index (χ3n) is 2.89. The molecule has 5 heteroatoms. The van der Waals surface area contributed by atoms with E-state index in [0.717, 1.165) is 24.3 Å². The fourth-order valence-corrected chi connectivity index (χ4v) is 2.02. The van der Waals surface area contributed by atoms with E-state index in [2.05, 4.69) is 9.74 Å². The highest BCUT2D eigenvalue weighted by Gasteiger charge is 2.15. The zero-order chi connectivity index (χ0) is 12.1. The van der Waals surface area contributed by atoms with Crippen LogP contribution >= 0.6 is 0 Å². The van der Waals surface area contributed by atoms with Crippen LogP contribution in [0.1, 0.15) is 5.56 Å². The van der Waals surface area contributed by atoms with Gasteiger partial charge in [0.2, 0.25) is 0 Å². The van der Waals surface area contributed by atoms with Crippen LogP contribution in [-0.4, -0.2) is 32.9 Å². The normalized spacial score (nSPS) is 16.2. The van der Waals surface area contributed by atoms with Crippen LogP contribution in [0.2, 0.25) is 0 Å². The van der Waals surface area contributed by atoms with Crippen LogP contribution in [0.15, 0.2) is 18.2 Å². The van der Waals surface area contributed by atoms with Crippen molar-refractivity contribution in [3.05, 3.63) is 29.6 Å². The van der Waals surface area contributed by atoms with Gasteiger partial charge in [0.25, 0.3) is 0 Å². The standard InChI is InChI=1S/C12H17FN2O2/c13-11-2-1-10(3-6-17-14)12(9-11)15-4-7-16-8-5-15/h1-2,9H,3-8,14H2. The van der Waals surface area contributed by atoms with Gasteiger partial charge in [0.1, 0.15) is 5.82 Å². The van der Waals surface area contributed by atoms with Crippen molar-refractivity contribution in [2.75, 3.05) is 37.8 Å². The third-order valence-corrected chi connectivity index (χ3v) is 2.89. The molecule has 17 heavy (non-hydrogen) atoms. The summed E-state index contributed by atoms with van der Waals surface area (Å²) in [4.78, 5) is 6.72. The van der Waals surface area contributed by atoms with E-state index < -0.39 is 0 Å². The Morgan fingerprint density at radius 3 is 2.82 bits per heavy atom. The van der Waals surface area contributed by atoms with Gasteiger partial charge in [0.15, 0.2) is 0 Å². The van der Waals surface area contributed by atoms with Crippen molar-refractivity contribution in [2.45, 2.75) is 6.42 Å². The molecule has 0 spiro atoms. The first-order chi connectivity index (χ1) is 8.31. The average molecular weight is 240 g/mol. The third kappa shape index (κ3) is 3.15. The lowest BCUT2D eigenvalue weighted by Gasteiger charge is -2.30. The number of halogens is 1. The number of hydrogen-bond donors (Lipinski definition) is 1. The van der Waals surface area contributed by atoms with E-state index in [-0.39, 0.29) is 5.82 Å². The maximum atomic E-state index is 13.3. The van der Waals surface area contributed by atoms with Crippen molar-refractivity contribution in [3.63, 3.8) is 0 Å². The molecule has 1 aliphatic rings. The Morgan fingerprint density at radius 2 is 2.12 bits per heavy atom.